The lowest BCUT2D eigenvalue weighted by atomic mass is 9.90. The smallest absolute Gasteiger partial charge is 0.309 e. The molecule has 0 saturated carbocycles. The van der Waals surface area contributed by atoms with Gasteiger partial charge >= 0.3 is 5.97 Å². The number of ether oxygens (including phenoxy) is 1. The molecule has 1 fully saturated rings. The van der Waals surface area contributed by atoms with Crippen molar-refractivity contribution in [1.29, 1.82) is 5.26 Å². The number of carbonyl (C=O) groups excluding carboxylic acids is 3. The fourth-order valence-corrected chi connectivity index (χ4v) is 3.18. The molecule has 7 nitrogen and oxygen atoms in total. The number of amides is 2. The second kappa shape index (κ2) is 9.55. The van der Waals surface area contributed by atoms with Crippen molar-refractivity contribution in [3.05, 3.63) is 35.4 Å². The van der Waals surface area contributed by atoms with Crippen LogP contribution >= 0.6 is 0 Å². The van der Waals surface area contributed by atoms with Gasteiger partial charge in [-0.25, -0.2) is 0 Å². The van der Waals surface area contributed by atoms with E-state index in [-0.39, 0.29) is 17.7 Å². The minimum atomic E-state index is -1.01. The van der Waals surface area contributed by atoms with Crippen molar-refractivity contribution in [2.75, 3.05) is 19.7 Å². The van der Waals surface area contributed by atoms with Crippen LogP contribution in [0.2, 0.25) is 0 Å². The number of esters is 1. The van der Waals surface area contributed by atoms with Crippen LogP contribution in [0.4, 0.5) is 0 Å². The van der Waals surface area contributed by atoms with Gasteiger partial charge in [-0.15, -0.1) is 0 Å². The zero-order valence-electron chi connectivity index (χ0n) is 17.5. The van der Waals surface area contributed by atoms with Gasteiger partial charge in [0.05, 0.1) is 12.0 Å². The molecule has 0 unspecified atom stereocenters. The molecule has 1 N–H and O–H groups in total. The maximum absolute atomic E-state index is 12.7. The highest BCUT2D eigenvalue weighted by molar-refractivity contribution is 5.95. The zero-order valence-corrected chi connectivity index (χ0v) is 17.5. The molecule has 0 aliphatic carbocycles. The zero-order chi connectivity index (χ0) is 21.6. The van der Waals surface area contributed by atoms with Gasteiger partial charge in [-0.1, -0.05) is 32.0 Å². The Morgan fingerprint density at radius 2 is 1.90 bits per heavy atom. The number of piperidine rings is 1. The summed E-state index contributed by atoms with van der Waals surface area (Å²) in [5.74, 6) is -1.38. The number of nitrogens with one attached hydrogen (secondary N) is 1. The van der Waals surface area contributed by atoms with Gasteiger partial charge in [-0.3, -0.25) is 14.4 Å². The van der Waals surface area contributed by atoms with Crippen molar-refractivity contribution >= 4 is 17.8 Å². The van der Waals surface area contributed by atoms with Crippen LogP contribution < -0.4 is 5.32 Å². The van der Waals surface area contributed by atoms with Crippen molar-refractivity contribution in [1.82, 2.24) is 10.2 Å². The molecule has 0 radical (unpaired) electrons. The van der Waals surface area contributed by atoms with Gasteiger partial charge in [0, 0.05) is 18.7 Å². The first-order valence-corrected chi connectivity index (χ1v) is 9.91. The maximum Gasteiger partial charge on any atom is 0.309 e. The fraction of sp³-hybridized carbons (Fsp3) is 0.545. The summed E-state index contributed by atoms with van der Waals surface area (Å²) in [6.45, 7) is 7.74. The largest absolute Gasteiger partial charge is 0.455 e. The third kappa shape index (κ3) is 5.57. The number of hydrogen-bond donors (Lipinski definition) is 1. The Hall–Kier alpha value is -2.88. The van der Waals surface area contributed by atoms with Gasteiger partial charge < -0.3 is 15.0 Å². The van der Waals surface area contributed by atoms with Crippen molar-refractivity contribution in [2.24, 2.45) is 11.8 Å². The average Bonchev–Trinajstić information content (AvgIpc) is 2.71. The summed E-state index contributed by atoms with van der Waals surface area (Å²) in [4.78, 5) is 38.8. The summed E-state index contributed by atoms with van der Waals surface area (Å²) in [7, 11) is 0. The molecule has 1 heterocycles. The Morgan fingerprint density at radius 3 is 2.45 bits per heavy atom. The fourth-order valence-electron chi connectivity index (χ4n) is 3.18. The van der Waals surface area contributed by atoms with Crippen LogP contribution in [0.25, 0.3) is 0 Å². The Balaban J connectivity index is 1.82. The van der Waals surface area contributed by atoms with Gasteiger partial charge in [-0.05, 0) is 44.2 Å². The van der Waals surface area contributed by atoms with Gasteiger partial charge in [0.2, 0.25) is 0 Å². The first-order valence-electron chi connectivity index (χ1n) is 9.91. The second-order valence-electron chi connectivity index (χ2n) is 8.01. The Bertz CT molecular complexity index is 807. The molecule has 1 aliphatic heterocycles. The number of aryl methyl sites for hydroxylation is 1. The van der Waals surface area contributed by atoms with Gasteiger partial charge in [0.15, 0.2) is 6.61 Å². The van der Waals surface area contributed by atoms with Crippen LogP contribution in [0, 0.1) is 30.1 Å². The predicted molar refractivity (Wildman–Crippen MR) is 108 cm³/mol. The molecule has 0 aromatic heterocycles. The molecule has 156 valence electrons. The molecule has 1 aromatic rings. The number of hydrogen-bond acceptors (Lipinski definition) is 5. The van der Waals surface area contributed by atoms with E-state index in [0.29, 0.717) is 31.5 Å². The Kier molecular flexibility index (Phi) is 7.38. The molecule has 1 aromatic carbocycles. The minimum Gasteiger partial charge on any atom is -0.455 e. The molecule has 29 heavy (non-hydrogen) atoms. The number of nitriles is 1. The van der Waals surface area contributed by atoms with E-state index in [1.807, 2.05) is 45.0 Å². The molecule has 2 rings (SSSR count). The van der Waals surface area contributed by atoms with Crippen molar-refractivity contribution < 1.29 is 19.1 Å². The van der Waals surface area contributed by atoms with Crippen molar-refractivity contribution in [2.45, 2.75) is 46.1 Å². The Labute approximate surface area is 172 Å². The lowest BCUT2D eigenvalue weighted by Gasteiger charge is -2.31. The summed E-state index contributed by atoms with van der Waals surface area (Å²) in [6.07, 6.45) is 1.000. The van der Waals surface area contributed by atoms with Crippen LogP contribution in [0.15, 0.2) is 24.3 Å². The summed E-state index contributed by atoms with van der Waals surface area (Å²) >= 11 is 0. The quantitative estimate of drug-likeness (QED) is 0.741. The highest BCUT2D eigenvalue weighted by Crippen LogP contribution is 2.21. The van der Waals surface area contributed by atoms with Crippen molar-refractivity contribution in [3.63, 3.8) is 0 Å². The summed E-state index contributed by atoms with van der Waals surface area (Å²) < 4.78 is 5.15. The molecule has 0 bridgehead atoms. The van der Waals surface area contributed by atoms with Crippen LogP contribution in [0.5, 0.6) is 0 Å². The van der Waals surface area contributed by atoms with Crippen LogP contribution in [0.1, 0.15) is 49.5 Å². The highest BCUT2D eigenvalue weighted by atomic mass is 16.5. The number of benzene rings is 1. The number of nitrogens with zero attached hydrogens (tertiary/aromatic N) is 2. The molecule has 0 spiro atoms. The molecule has 2 amide bonds. The van der Waals surface area contributed by atoms with Gasteiger partial charge in [0.25, 0.3) is 11.8 Å². The lowest BCUT2D eigenvalue weighted by Crippen LogP contribution is -2.50. The van der Waals surface area contributed by atoms with E-state index in [1.54, 1.807) is 11.8 Å². The number of rotatable bonds is 6. The predicted octanol–water partition coefficient (Wildman–Crippen LogP) is 2.44. The average molecular weight is 399 g/mol. The van der Waals surface area contributed by atoms with E-state index in [1.165, 1.54) is 0 Å². The normalized spacial score (nSPS) is 16.6. The molecule has 1 aliphatic rings. The monoisotopic (exact) mass is 399 g/mol. The minimum absolute atomic E-state index is 0.0289. The van der Waals surface area contributed by atoms with E-state index in [4.69, 9.17) is 4.74 Å². The standard InChI is InChI=1S/C22H29N3O4/c1-15(2)22(4,14-23)24-19(26)13-29-21(28)17-9-11-25(12-10-17)20(27)18-8-6-5-7-16(18)3/h5-8,15,17H,9-13H2,1-4H3,(H,24,26)/t22-/m1/s1. The van der Waals surface area contributed by atoms with E-state index >= 15 is 0 Å². The molecule has 7 heteroatoms. The van der Waals surface area contributed by atoms with E-state index in [9.17, 15) is 19.6 Å². The van der Waals surface area contributed by atoms with E-state index < -0.39 is 24.0 Å². The van der Waals surface area contributed by atoms with E-state index in [2.05, 4.69) is 11.4 Å². The van der Waals surface area contributed by atoms with Crippen LogP contribution in [0.3, 0.4) is 0 Å². The second-order valence-corrected chi connectivity index (χ2v) is 8.01. The maximum atomic E-state index is 12.7. The molecule has 1 saturated heterocycles. The first-order chi connectivity index (χ1) is 13.7. The molecular weight excluding hydrogens is 370 g/mol. The SMILES string of the molecule is Cc1ccccc1C(=O)N1CCC(C(=O)OCC(=O)N[C@](C)(C#N)C(C)C)CC1. The number of likely N-dealkylation sites (tertiary alicyclic amines) is 1. The first kappa shape index (κ1) is 22.4. The summed E-state index contributed by atoms with van der Waals surface area (Å²) in [5.41, 5.74) is 0.594. The van der Waals surface area contributed by atoms with Crippen LogP contribution in [-0.2, 0) is 14.3 Å². The summed E-state index contributed by atoms with van der Waals surface area (Å²) in [6, 6.07) is 9.53. The third-order valence-electron chi connectivity index (χ3n) is 5.62. The highest BCUT2D eigenvalue weighted by Gasteiger charge is 2.32. The topological polar surface area (TPSA) is 99.5 Å². The van der Waals surface area contributed by atoms with Gasteiger partial charge in [0.1, 0.15) is 5.54 Å². The Morgan fingerprint density at radius 1 is 1.28 bits per heavy atom. The summed E-state index contributed by atoms with van der Waals surface area (Å²) in [5, 5.41) is 11.9. The van der Waals surface area contributed by atoms with Gasteiger partial charge in [-0.2, -0.15) is 5.26 Å². The molecule has 1 atom stereocenters. The van der Waals surface area contributed by atoms with E-state index in [0.717, 1.165) is 5.56 Å². The molecular formula is C22H29N3O4. The van der Waals surface area contributed by atoms with Crippen molar-refractivity contribution in [3.8, 4) is 6.07 Å². The number of carbonyl (C=O) groups is 3. The van der Waals surface area contributed by atoms with Crippen LogP contribution in [-0.4, -0.2) is 47.9 Å². The lowest BCUT2D eigenvalue weighted by molar-refractivity contribution is -0.154. The third-order valence-corrected chi connectivity index (χ3v) is 5.62.